The van der Waals surface area contributed by atoms with Crippen molar-refractivity contribution in [3.63, 3.8) is 0 Å². The van der Waals surface area contributed by atoms with E-state index in [4.69, 9.17) is 10.8 Å². The van der Waals surface area contributed by atoms with Crippen LogP contribution in [0.5, 0.6) is 0 Å². The predicted octanol–water partition coefficient (Wildman–Crippen LogP) is 0.496. The molecule has 0 radical (unpaired) electrons. The van der Waals surface area contributed by atoms with Crippen molar-refractivity contribution in [1.82, 2.24) is 0 Å². The van der Waals surface area contributed by atoms with Gasteiger partial charge in [-0.05, 0) is 37.5 Å². The highest BCUT2D eigenvalue weighted by Gasteiger charge is 2.55. The molecule has 2 nitrogen and oxygen atoms in total. The maximum absolute atomic E-state index is 8.75. The van der Waals surface area contributed by atoms with Gasteiger partial charge in [0.05, 0.1) is 0 Å². The van der Waals surface area contributed by atoms with E-state index in [1.54, 1.807) is 0 Å². The van der Waals surface area contributed by atoms with Crippen LogP contribution in [-0.4, -0.2) is 17.3 Å². The summed E-state index contributed by atoms with van der Waals surface area (Å²) in [6, 6.07) is 0. The summed E-state index contributed by atoms with van der Waals surface area (Å²) in [5.41, 5.74) is 6.12. The van der Waals surface area contributed by atoms with E-state index in [1.165, 1.54) is 12.8 Å². The van der Waals surface area contributed by atoms with Crippen LogP contribution in [0.25, 0.3) is 0 Å². The Hall–Kier alpha value is -0.0800. The monoisotopic (exact) mass is 141 g/mol. The Balaban J connectivity index is 2.00. The van der Waals surface area contributed by atoms with Crippen LogP contribution in [0.1, 0.15) is 25.7 Å². The number of aliphatic hydroxyl groups is 1. The van der Waals surface area contributed by atoms with E-state index < -0.39 is 0 Å². The van der Waals surface area contributed by atoms with Gasteiger partial charge in [0.2, 0.25) is 0 Å². The minimum Gasteiger partial charge on any atom is -0.396 e. The Morgan fingerprint density at radius 3 is 2.80 bits per heavy atom. The molecule has 0 spiro atoms. The van der Waals surface area contributed by atoms with Crippen LogP contribution in [0.15, 0.2) is 0 Å². The van der Waals surface area contributed by atoms with Crippen molar-refractivity contribution in [3.05, 3.63) is 0 Å². The van der Waals surface area contributed by atoms with Crippen molar-refractivity contribution in [1.29, 1.82) is 0 Å². The second kappa shape index (κ2) is 1.95. The molecule has 3 atom stereocenters. The summed E-state index contributed by atoms with van der Waals surface area (Å²) in [7, 11) is 0. The zero-order valence-electron chi connectivity index (χ0n) is 6.21. The SMILES string of the molecule is NC1(CCO)CCC2CC21. The van der Waals surface area contributed by atoms with Crippen molar-refractivity contribution < 1.29 is 5.11 Å². The van der Waals surface area contributed by atoms with Gasteiger partial charge < -0.3 is 10.8 Å². The molecule has 2 aliphatic carbocycles. The van der Waals surface area contributed by atoms with E-state index in [2.05, 4.69) is 0 Å². The van der Waals surface area contributed by atoms with Crippen LogP contribution in [0.4, 0.5) is 0 Å². The first-order chi connectivity index (χ1) is 4.76. The molecule has 0 amide bonds. The van der Waals surface area contributed by atoms with Crippen LogP contribution in [0.3, 0.4) is 0 Å². The van der Waals surface area contributed by atoms with E-state index in [0.717, 1.165) is 24.7 Å². The number of fused-ring (bicyclic) bond motifs is 1. The summed E-state index contributed by atoms with van der Waals surface area (Å²) in [6.45, 7) is 0.264. The molecular formula is C8H15NO. The van der Waals surface area contributed by atoms with Gasteiger partial charge in [-0.25, -0.2) is 0 Å². The fourth-order valence-electron chi connectivity index (χ4n) is 2.43. The molecule has 0 aromatic heterocycles. The predicted molar refractivity (Wildman–Crippen MR) is 39.5 cm³/mol. The first-order valence-electron chi connectivity index (χ1n) is 4.16. The lowest BCUT2D eigenvalue weighted by molar-refractivity contribution is 0.226. The van der Waals surface area contributed by atoms with Crippen molar-refractivity contribution >= 4 is 0 Å². The lowest BCUT2D eigenvalue weighted by atomic mass is 9.91. The summed E-state index contributed by atoms with van der Waals surface area (Å²) >= 11 is 0. The molecule has 58 valence electrons. The molecule has 2 aliphatic rings. The Kier molecular flexibility index (Phi) is 1.29. The van der Waals surface area contributed by atoms with E-state index in [1.807, 2.05) is 0 Å². The molecule has 0 heterocycles. The summed E-state index contributed by atoms with van der Waals surface area (Å²) < 4.78 is 0. The van der Waals surface area contributed by atoms with Gasteiger partial charge in [0.1, 0.15) is 0 Å². The molecule has 0 aromatic rings. The Labute approximate surface area is 61.4 Å². The fourth-order valence-corrected chi connectivity index (χ4v) is 2.43. The summed E-state index contributed by atoms with van der Waals surface area (Å²) in [6.07, 6.45) is 4.59. The first-order valence-corrected chi connectivity index (χ1v) is 4.16. The highest BCUT2D eigenvalue weighted by Crippen LogP contribution is 2.57. The Morgan fingerprint density at radius 1 is 1.60 bits per heavy atom. The smallest absolute Gasteiger partial charge is 0.0448 e. The standard InChI is InChI=1S/C8H15NO/c9-8(3-4-10)2-1-6-5-7(6)8/h6-7,10H,1-5,9H2. The molecule has 0 bridgehead atoms. The second-order valence-electron chi connectivity index (χ2n) is 3.85. The number of hydrogen-bond donors (Lipinski definition) is 2. The molecule has 3 N–H and O–H groups in total. The van der Waals surface area contributed by atoms with Gasteiger partial charge in [0, 0.05) is 12.1 Å². The van der Waals surface area contributed by atoms with Gasteiger partial charge in [-0.3, -0.25) is 0 Å². The van der Waals surface area contributed by atoms with Crippen molar-refractivity contribution in [2.45, 2.75) is 31.2 Å². The van der Waals surface area contributed by atoms with E-state index >= 15 is 0 Å². The average Bonchev–Trinajstić information content (AvgIpc) is 2.58. The van der Waals surface area contributed by atoms with Crippen LogP contribution in [0.2, 0.25) is 0 Å². The van der Waals surface area contributed by atoms with E-state index in [9.17, 15) is 0 Å². The van der Waals surface area contributed by atoms with Gasteiger partial charge in [-0.2, -0.15) is 0 Å². The molecular weight excluding hydrogens is 126 g/mol. The molecule has 3 unspecified atom stereocenters. The van der Waals surface area contributed by atoms with E-state index in [-0.39, 0.29) is 12.1 Å². The molecule has 10 heavy (non-hydrogen) atoms. The maximum atomic E-state index is 8.75. The molecule has 2 fully saturated rings. The summed E-state index contributed by atoms with van der Waals surface area (Å²) in [4.78, 5) is 0. The quantitative estimate of drug-likeness (QED) is 0.588. The van der Waals surface area contributed by atoms with Gasteiger partial charge in [-0.15, -0.1) is 0 Å². The normalized spacial score (nSPS) is 51.0. The fraction of sp³-hybridized carbons (Fsp3) is 1.00. The number of hydrogen-bond acceptors (Lipinski definition) is 2. The van der Waals surface area contributed by atoms with Crippen molar-refractivity contribution in [2.75, 3.05) is 6.61 Å². The van der Waals surface area contributed by atoms with Gasteiger partial charge in [0.25, 0.3) is 0 Å². The Morgan fingerprint density at radius 2 is 2.40 bits per heavy atom. The summed E-state index contributed by atoms with van der Waals surface area (Å²) in [5.74, 6) is 1.69. The summed E-state index contributed by atoms with van der Waals surface area (Å²) in [5, 5.41) is 8.75. The number of rotatable bonds is 2. The van der Waals surface area contributed by atoms with Crippen molar-refractivity contribution in [2.24, 2.45) is 17.6 Å². The zero-order chi connectivity index (χ0) is 7.19. The van der Waals surface area contributed by atoms with Gasteiger partial charge in [-0.1, -0.05) is 0 Å². The molecule has 0 aliphatic heterocycles. The minimum atomic E-state index is 0.0272. The molecule has 2 saturated carbocycles. The third-order valence-electron chi connectivity index (χ3n) is 3.22. The first kappa shape index (κ1) is 6.62. The third-order valence-corrected chi connectivity index (χ3v) is 3.22. The highest BCUT2D eigenvalue weighted by atomic mass is 16.3. The Bertz CT molecular complexity index is 148. The third kappa shape index (κ3) is 0.789. The average molecular weight is 141 g/mol. The zero-order valence-corrected chi connectivity index (χ0v) is 6.21. The molecule has 2 heteroatoms. The maximum Gasteiger partial charge on any atom is 0.0448 e. The second-order valence-corrected chi connectivity index (χ2v) is 3.85. The van der Waals surface area contributed by atoms with Crippen molar-refractivity contribution in [3.8, 4) is 0 Å². The molecule has 0 aromatic carbocycles. The molecule has 0 saturated heterocycles. The topological polar surface area (TPSA) is 46.2 Å². The van der Waals surface area contributed by atoms with Crippen LogP contribution in [-0.2, 0) is 0 Å². The number of nitrogens with two attached hydrogens (primary N) is 1. The lowest BCUT2D eigenvalue weighted by Gasteiger charge is -2.24. The van der Waals surface area contributed by atoms with Crippen LogP contribution < -0.4 is 5.73 Å². The van der Waals surface area contributed by atoms with E-state index in [0.29, 0.717) is 0 Å². The molecule has 2 rings (SSSR count). The van der Waals surface area contributed by atoms with Gasteiger partial charge >= 0.3 is 0 Å². The lowest BCUT2D eigenvalue weighted by Crippen LogP contribution is -2.40. The number of aliphatic hydroxyl groups excluding tert-OH is 1. The van der Waals surface area contributed by atoms with Gasteiger partial charge in [0.15, 0.2) is 0 Å². The van der Waals surface area contributed by atoms with Crippen LogP contribution >= 0.6 is 0 Å². The largest absolute Gasteiger partial charge is 0.396 e. The highest BCUT2D eigenvalue weighted by molar-refractivity contribution is 5.09. The minimum absolute atomic E-state index is 0.0272. The van der Waals surface area contributed by atoms with Crippen LogP contribution in [0, 0.1) is 11.8 Å².